The molecule has 4 aromatic rings. The summed E-state index contributed by atoms with van der Waals surface area (Å²) < 4.78 is 0. The number of hydrogen-bond acceptors (Lipinski definition) is 7. The number of aromatic nitrogens is 4. The Kier molecular flexibility index (Phi) is 3.87. The molecule has 0 saturated heterocycles. The maximum absolute atomic E-state index is 10.6. The molecule has 0 aliphatic heterocycles. The summed E-state index contributed by atoms with van der Waals surface area (Å²) in [5, 5.41) is 14.9. The summed E-state index contributed by atoms with van der Waals surface area (Å²) in [4.78, 5) is 17.5. The normalized spacial score (nSPS) is 18.2. The van der Waals surface area contributed by atoms with Crippen LogP contribution in [0.2, 0.25) is 0 Å². The number of aliphatic hydroxyl groups is 1. The van der Waals surface area contributed by atoms with Crippen molar-refractivity contribution >= 4 is 22.7 Å². The monoisotopic (exact) mass is 370 g/mol. The Morgan fingerprint density at radius 3 is 2.68 bits per heavy atom. The Morgan fingerprint density at radius 1 is 0.964 bits per heavy atom. The van der Waals surface area contributed by atoms with Crippen molar-refractivity contribution in [3.05, 3.63) is 71.9 Å². The molecule has 0 fully saturated rings. The molecule has 0 bridgehead atoms. The van der Waals surface area contributed by atoms with Gasteiger partial charge in [-0.3, -0.25) is 0 Å². The molecule has 0 amide bonds. The van der Waals surface area contributed by atoms with Gasteiger partial charge in [0.2, 0.25) is 5.95 Å². The maximum atomic E-state index is 10.6. The van der Waals surface area contributed by atoms with Crippen molar-refractivity contribution in [2.75, 3.05) is 11.1 Å². The number of rotatable bonds is 3. The van der Waals surface area contributed by atoms with E-state index >= 15 is 0 Å². The molecule has 28 heavy (non-hydrogen) atoms. The lowest BCUT2D eigenvalue weighted by Gasteiger charge is -2.20. The van der Waals surface area contributed by atoms with E-state index in [4.69, 9.17) is 10.7 Å². The number of nitrogen functional groups attached to an aromatic ring is 1. The van der Waals surface area contributed by atoms with Crippen LogP contribution in [0.5, 0.6) is 0 Å². The minimum Gasteiger partial charge on any atom is -0.390 e. The van der Waals surface area contributed by atoms with E-state index < -0.39 is 6.10 Å². The second kappa shape index (κ2) is 6.54. The van der Waals surface area contributed by atoms with Gasteiger partial charge >= 0.3 is 0 Å². The quantitative estimate of drug-likeness (QED) is 0.508. The first-order chi connectivity index (χ1) is 13.7. The van der Waals surface area contributed by atoms with Crippen molar-refractivity contribution in [3.63, 3.8) is 0 Å². The summed E-state index contributed by atoms with van der Waals surface area (Å²) in [5.41, 5.74) is 9.29. The zero-order chi connectivity index (χ0) is 19.1. The second-order valence-electron chi connectivity index (χ2n) is 6.81. The average molecular weight is 370 g/mol. The van der Waals surface area contributed by atoms with Crippen molar-refractivity contribution < 1.29 is 5.11 Å². The number of aliphatic hydroxyl groups excluding tert-OH is 1. The molecule has 7 heteroatoms. The van der Waals surface area contributed by atoms with E-state index in [1.54, 1.807) is 12.3 Å². The van der Waals surface area contributed by atoms with Gasteiger partial charge in [-0.1, -0.05) is 36.4 Å². The number of anilines is 2. The van der Waals surface area contributed by atoms with Crippen LogP contribution in [-0.2, 0) is 6.42 Å². The first-order valence-corrected chi connectivity index (χ1v) is 9.07. The van der Waals surface area contributed by atoms with Gasteiger partial charge in [-0.05, 0) is 29.3 Å². The van der Waals surface area contributed by atoms with Crippen LogP contribution in [0.15, 0.2) is 60.8 Å². The smallest absolute Gasteiger partial charge is 0.220 e. The van der Waals surface area contributed by atoms with Gasteiger partial charge in [-0.2, -0.15) is 0 Å². The fourth-order valence-electron chi connectivity index (χ4n) is 3.69. The molecule has 138 valence electrons. The molecular formula is C21H18N6O. The third kappa shape index (κ3) is 2.82. The van der Waals surface area contributed by atoms with Crippen molar-refractivity contribution in [1.29, 1.82) is 0 Å². The Balaban J connectivity index is 1.63. The standard InChI is InChI=1S/C21H18N6O/c22-21-23-10-9-16(25-21)20-24-15-8-4-3-7-14(15)19(27-20)26-18-13-6-2-1-5-12(13)11-17(18)28/h1-10,17-18,28H,11H2,(H2,22,23,25)(H,24,26,27)/t17-,18+/m1/s1. The molecule has 7 nitrogen and oxygen atoms in total. The molecular weight excluding hydrogens is 352 g/mol. The molecule has 5 rings (SSSR count). The van der Waals surface area contributed by atoms with Gasteiger partial charge in [0, 0.05) is 18.0 Å². The topological polar surface area (TPSA) is 110 Å². The summed E-state index contributed by atoms with van der Waals surface area (Å²) in [7, 11) is 0. The van der Waals surface area contributed by atoms with Gasteiger partial charge in [0.25, 0.3) is 0 Å². The summed E-state index contributed by atoms with van der Waals surface area (Å²) in [5.74, 6) is 1.28. The first-order valence-electron chi connectivity index (χ1n) is 9.07. The van der Waals surface area contributed by atoms with E-state index in [1.165, 1.54) is 0 Å². The predicted molar refractivity (Wildman–Crippen MR) is 107 cm³/mol. The minimum atomic E-state index is -0.524. The lowest BCUT2D eigenvalue weighted by atomic mass is 10.1. The highest BCUT2D eigenvalue weighted by Gasteiger charge is 2.31. The van der Waals surface area contributed by atoms with Crippen LogP contribution in [0.4, 0.5) is 11.8 Å². The molecule has 2 aromatic carbocycles. The lowest BCUT2D eigenvalue weighted by Crippen LogP contribution is -2.22. The van der Waals surface area contributed by atoms with E-state index in [1.807, 2.05) is 48.5 Å². The zero-order valence-corrected chi connectivity index (χ0v) is 14.9. The van der Waals surface area contributed by atoms with Crippen LogP contribution in [0, 0.1) is 0 Å². The zero-order valence-electron chi connectivity index (χ0n) is 14.9. The van der Waals surface area contributed by atoms with E-state index in [2.05, 4.69) is 20.3 Å². The van der Waals surface area contributed by atoms with Crippen LogP contribution < -0.4 is 11.1 Å². The number of nitrogens with one attached hydrogen (secondary N) is 1. The second-order valence-corrected chi connectivity index (χ2v) is 6.81. The fourth-order valence-corrected chi connectivity index (χ4v) is 3.69. The molecule has 2 atom stereocenters. The molecule has 4 N–H and O–H groups in total. The molecule has 0 saturated carbocycles. The van der Waals surface area contributed by atoms with Crippen LogP contribution in [0.1, 0.15) is 17.2 Å². The van der Waals surface area contributed by atoms with Crippen molar-refractivity contribution in [2.45, 2.75) is 18.6 Å². The molecule has 0 spiro atoms. The number of fused-ring (bicyclic) bond motifs is 2. The number of nitrogens with zero attached hydrogens (tertiary/aromatic N) is 4. The predicted octanol–water partition coefficient (Wildman–Crippen LogP) is 2.74. The first kappa shape index (κ1) is 16.6. The molecule has 2 heterocycles. The minimum absolute atomic E-state index is 0.170. The van der Waals surface area contributed by atoms with Crippen molar-refractivity contribution in [2.24, 2.45) is 0 Å². The van der Waals surface area contributed by atoms with Gasteiger partial charge < -0.3 is 16.2 Å². The van der Waals surface area contributed by atoms with Crippen molar-refractivity contribution in [3.8, 4) is 11.5 Å². The highest BCUT2D eigenvalue weighted by Crippen LogP contribution is 2.35. The van der Waals surface area contributed by atoms with Crippen LogP contribution >= 0.6 is 0 Å². The number of hydrogen-bond donors (Lipinski definition) is 3. The molecule has 0 radical (unpaired) electrons. The third-order valence-corrected chi connectivity index (χ3v) is 5.00. The molecule has 1 aliphatic carbocycles. The van der Waals surface area contributed by atoms with Gasteiger partial charge in [0.05, 0.1) is 17.7 Å². The number of para-hydroxylation sites is 1. The fraction of sp³-hybridized carbons (Fsp3) is 0.143. The number of benzene rings is 2. The van der Waals surface area contributed by atoms with Gasteiger partial charge in [-0.25, -0.2) is 19.9 Å². The highest BCUT2D eigenvalue weighted by molar-refractivity contribution is 5.90. The largest absolute Gasteiger partial charge is 0.390 e. The van der Waals surface area contributed by atoms with E-state index in [0.717, 1.165) is 22.0 Å². The van der Waals surface area contributed by atoms with E-state index in [-0.39, 0.29) is 12.0 Å². The third-order valence-electron chi connectivity index (χ3n) is 5.00. The Bertz CT molecular complexity index is 1180. The van der Waals surface area contributed by atoms with Gasteiger partial charge in [0.15, 0.2) is 5.82 Å². The van der Waals surface area contributed by atoms with Crippen LogP contribution in [0.3, 0.4) is 0 Å². The molecule has 1 aliphatic rings. The van der Waals surface area contributed by atoms with Gasteiger partial charge in [0.1, 0.15) is 11.5 Å². The Hall–Kier alpha value is -3.58. The highest BCUT2D eigenvalue weighted by atomic mass is 16.3. The average Bonchev–Trinajstić information content (AvgIpc) is 3.03. The Morgan fingerprint density at radius 2 is 1.79 bits per heavy atom. The summed E-state index contributed by atoms with van der Waals surface area (Å²) in [6.45, 7) is 0. The van der Waals surface area contributed by atoms with Crippen LogP contribution in [-0.4, -0.2) is 31.1 Å². The summed E-state index contributed by atoms with van der Waals surface area (Å²) in [6, 6.07) is 17.3. The molecule has 0 unspecified atom stereocenters. The van der Waals surface area contributed by atoms with Crippen LogP contribution in [0.25, 0.3) is 22.4 Å². The van der Waals surface area contributed by atoms with Crippen molar-refractivity contribution in [1.82, 2.24) is 19.9 Å². The Labute approximate surface area is 161 Å². The summed E-state index contributed by atoms with van der Waals surface area (Å²) in [6.07, 6.45) is 1.68. The molecule has 2 aromatic heterocycles. The van der Waals surface area contributed by atoms with Gasteiger partial charge in [-0.15, -0.1) is 0 Å². The SMILES string of the molecule is Nc1nccc(-c2nc(N[C@H]3c4ccccc4C[C@H]3O)c3ccccc3n2)n1. The van der Waals surface area contributed by atoms with E-state index in [9.17, 15) is 5.11 Å². The number of nitrogens with two attached hydrogens (primary N) is 1. The van der Waals surface area contributed by atoms with E-state index in [0.29, 0.717) is 23.8 Å². The summed E-state index contributed by atoms with van der Waals surface area (Å²) >= 11 is 0. The maximum Gasteiger partial charge on any atom is 0.220 e. The lowest BCUT2D eigenvalue weighted by molar-refractivity contribution is 0.165.